The predicted molar refractivity (Wildman–Crippen MR) is 94.9 cm³/mol. The van der Waals surface area contributed by atoms with Crippen LogP contribution in [0.25, 0.3) is 0 Å². The van der Waals surface area contributed by atoms with Crippen molar-refractivity contribution in [1.82, 2.24) is 9.97 Å². The maximum atomic E-state index is 13.8. The van der Waals surface area contributed by atoms with Gasteiger partial charge in [0, 0.05) is 24.8 Å². The number of carbonyl (C=O) groups is 2. The summed E-state index contributed by atoms with van der Waals surface area (Å²) in [4.78, 5) is 29.5. The molecule has 2 aromatic heterocycles. The van der Waals surface area contributed by atoms with Crippen LogP contribution in [0.3, 0.4) is 0 Å². The van der Waals surface area contributed by atoms with Gasteiger partial charge in [-0.2, -0.15) is 17.6 Å². The van der Waals surface area contributed by atoms with Gasteiger partial charge < -0.3 is 15.4 Å². The number of hydrogen-bond acceptors (Lipinski definition) is 5. The molecule has 2 N–H and O–H groups in total. The Labute approximate surface area is 170 Å². The Bertz CT molecular complexity index is 1050. The van der Waals surface area contributed by atoms with E-state index in [1.165, 1.54) is 30.6 Å². The maximum Gasteiger partial charge on any atom is 0.471 e. The zero-order valence-corrected chi connectivity index (χ0v) is 15.5. The normalized spacial score (nSPS) is 10.8. The van der Waals surface area contributed by atoms with Gasteiger partial charge in [0.1, 0.15) is 23.8 Å². The summed E-state index contributed by atoms with van der Waals surface area (Å²) in [5, 5.41) is 3.79. The molecule has 0 aliphatic carbocycles. The minimum Gasteiger partial charge on any atom is -0.485 e. The van der Waals surface area contributed by atoms with Gasteiger partial charge >= 0.3 is 12.1 Å². The molecule has 2 amide bonds. The standard InChI is InChI=1S/C18H12F6N4O3/c1-9(29)26-15-6-10(4-5-25-15)2-3-11-16(28-17(30)18(22,23)24)12(7-14(21)27-11)31-8-13(19)20/h4-7,13H,8H2,1H3,(H,28,30)(H,25,26,29). The van der Waals surface area contributed by atoms with Gasteiger partial charge in [-0.3, -0.25) is 9.59 Å². The number of hydrogen-bond donors (Lipinski definition) is 2. The van der Waals surface area contributed by atoms with Crippen LogP contribution in [0.5, 0.6) is 5.75 Å². The molecule has 13 heteroatoms. The van der Waals surface area contributed by atoms with Gasteiger partial charge in [-0.05, 0) is 18.1 Å². The van der Waals surface area contributed by atoms with E-state index in [1.54, 1.807) is 0 Å². The highest BCUT2D eigenvalue weighted by Crippen LogP contribution is 2.30. The van der Waals surface area contributed by atoms with Crippen LogP contribution in [0.1, 0.15) is 18.2 Å². The van der Waals surface area contributed by atoms with Crippen molar-refractivity contribution >= 4 is 23.3 Å². The highest BCUT2D eigenvalue weighted by molar-refractivity contribution is 5.97. The predicted octanol–water partition coefficient (Wildman–Crippen LogP) is 3.12. The lowest BCUT2D eigenvalue weighted by atomic mass is 10.2. The Morgan fingerprint density at radius 2 is 1.90 bits per heavy atom. The monoisotopic (exact) mass is 446 g/mol. The molecule has 31 heavy (non-hydrogen) atoms. The number of ether oxygens (including phenoxy) is 1. The van der Waals surface area contributed by atoms with Gasteiger partial charge in [0.25, 0.3) is 6.43 Å². The molecule has 0 radical (unpaired) electrons. The van der Waals surface area contributed by atoms with Crippen LogP contribution >= 0.6 is 0 Å². The van der Waals surface area contributed by atoms with E-state index in [9.17, 15) is 35.9 Å². The fourth-order valence-corrected chi connectivity index (χ4v) is 2.04. The number of anilines is 2. The topological polar surface area (TPSA) is 93.2 Å². The molecule has 0 saturated heterocycles. The van der Waals surface area contributed by atoms with Crippen molar-refractivity contribution in [2.24, 2.45) is 0 Å². The number of rotatable bonds is 5. The van der Waals surface area contributed by atoms with E-state index < -0.39 is 54.1 Å². The van der Waals surface area contributed by atoms with Crippen LogP contribution in [-0.4, -0.2) is 41.0 Å². The van der Waals surface area contributed by atoms with Crippen LogP contribution < -0.4 is 15.4 Å². The fourth-order valence-electron chi connectivity index (χ4n) is 2.04. The van der Waals surface area contributed by atoms with Crippen LogP contribution in [0, 0.1) is 17.8 Å². The molecule has 2 aromatic rings. The van der Waals surface area contributed by atoms with E-state index in [4.69, 9.17) is 0 Å². The number of pyridine rings is 2. The number of halogens is 6. The second-order valence-electron chi connectivity index (χ2n) is 5.68. The van der Waals surface area contributed by atoms with E-state index in [2.05, 4.69) is 31.9 Å². The second kappa shape index (κ2) is 9.79. The van der Waals surface area contributed by atoms with E-state index in [0.717, 1.165) is 0 Å². The first-order chi connectivity index (χ1) is 14.5. The van der Waals surface area contributed by atoms with Crippen molar-refractivity contribution in [1.29, 1.82) is 0 Å². The third kappa shape index (κ3) is 7.18. The lowest BCUT2D eigenvalue weighted by Gasteiger charge is -2.14. The lowest BCUT2D eigenvalue weighted by molar-refractivity contribution is -0.167. The minimum absolute atomic E-state index is 0.109. The molecule has 0 bridgehead atoms. The number of amides is 2. The van der Waals surface area contributed by atoms with Crippen molar-refractivity contribution in [3.8, 4) is 17.6 Å². The molecule has 0 fully saturated rings. The molecule has 0 aliphatic heterocycles. The molecule has 0 aromatic carbocycles. The first-order valence-electron chi connectivity index (χ1n) is 8.21. The van der Waals surface area contributed by atoms with Gasteiger partial charge in [-0.15, -0.1) is 0 Å². The van der Waals surface area contributed by atoms with Gasteiger partial charge in [-0.25, -0.2) is 18.7 Å². The number of nitrogens with zero attached hydrogens (tertiary/aromatic N) is 2. The summed E-state index contributed by atoms with van der Waals surface area (Å²) in [6, 6.07) is 3.09. The molecule has 0 saturated carbocycles. The van der Waals surface area contributed by atoms with Gasteiger partial charge in [0.05, 0.1) is 0 Å². The average molecular weight is 446 g/mol. The molecule has 164 valence electrons. The summed E-state index contributed by atoms with van der Waals surface area (Å²) in [5.41, 5.74) is -1.36. The first kappa shape index (κ1) is 23.5. The van der Waals surface area contributed by atoms with Crippen LogP contribution in [0.4, 0.5) is 37.8 Å². The third-order valence-electron chi connectivity index (χ3n) is 3.20. The number of carbonyl (C=O) groups excluding carboxylic acids is 2. The van der Waals surface area contributed by atoms with Gasteiger partial charge in [0.15, 0.2) is 5.75 Å². The number of alkyl halides is 5. The zero-order chi connectivity index (χ0) is 23.2. The van der Waals surface area contributed by atoms with Crippen molar-refractivity contribution in [2.75, 3.05) is 17.2 Å². The summed E-state index contributed by atoms with van der Waals surface area (Å²) in [6.07, 6.45) is -7.10. The molecule has 0 spiro atoms. The minimum atomic E-state index is -5.34. The van der Waals surface area contributed by atoms with Gasteiger partial charge in [0.2, 0.25) is 11.9 Å². The molecule has 2 heterocycles. The molecule has 0 aliphatic rings. The Kier molecular flexibility index (Phi) is 7.41. The maximum absolute atomic E-state index is 13.8. The SMILES string of the molecule is CC(=O)Nc1cc(C#Cc2nc(F)cc(OCC(F)F)c2NC(=O)C(F)(F)F)ccn1. The summed E-state index contributed by atoms with van der Waals surface area (Å²) in [6.45, 7) is -0.0527. The van der Waals surface area contributed by atoms with E-state index in [0.29, 0.717) is 6.07 Å². The van der Waals surface area contributed by atoms with Crippen LogP contribution in [0.15, 0.2) is 24.4 Å². The van der Waals surface area contributed by atoms with Crippen molar-refractivity contribution < 1.29 is 40.7 Å². The van der Waals surface area contributed by atoms with Crippen LogP contribution in [0.2, 0.25) is 0 Å². The van der Waals surface area contributed by atoms with Crippen molar-refractivity contribution in [3.05, 3.63) is 41.6 Å². The van der Waals surface area contributed by atoms with Crippen molar-refractivity contribution in [2.45, 2.75) is 19.5 Å². The third-order valence-corrected chi connectivity index (χ3v) is 3.20. The summed E-state index contributed by atoms with van der Waals surface area (Å²) >= 11 is 0. The first-order valence-corrected chi connectivity index (χ1v) is 8.21. The largest absolute Gasteiger partial charge is 0.485 e. The average Bonchev–Trinajstić information content (AvgIpc) is 2.65. The summed E-state index contributed by atoms with van der Waals surface area (Å²) in [7, 11) is 0. The highest BCUT2D eigenvalue weighted by atomic mass is 19.4. The number of nitrogens with one attached hydrogen (secondary N) is 2. The number of aromatic nitrogens is 2. The van der Waals surface area contributed by atoms with E-state index in [1.807, 2.05) is 0 Å². The Balaban J connectivity index is 2.50. The lowest BCUT2D eigenvalue weighted by Crippen LogP contribution is -2.30. The second-order valence-corrected chi connectivity index (χ2v) is 5.68. The van der Waals surface area contributed by atoms with Crippen LogP contribution in [-0.2, 0) is 9.59 Å². The molecule has 0 atom stereocenters. The zero-order valence-electron chi connectivity index (χ0n) is 15.5. The summed E-state index contributed by atoms with van der Waals surface area (Å²) < 4.78 is 81.2. The quantitative estimate of drug-likeness (QED) is 0.418. The fraction of sp³-hybridized carbons (Fsp3) is 0.222. The van der Waals surface area contributed by atoms with E-state index in [-0.39, 0.29) is 11.4 Å². The molecule has 0 unspecified atom stereocenters. The molecule has 7 nitrogen and oxygen atoms in total. The van der Waals surface area contributed by atoms with Gasteiger partial charge in [-0.1, -0.05) is 5.92 Å². The Hall–Kier alpha value is -3.82. The molecular weight excluding hydrogens is 434 g/mol. The Morgan fingerprint density at radius 1 is 1.19 bits per heavy atom. The van der Waals surface area contributed by atoms with Crippen molar-refractivity contribution in [3.63, 3.8) is 0 Å². The Morgan fingerprint density at radius 3 is 2.52 bits per heavy atom. The smallest absolute Gasteiger partial charge is 0.471 e. The summed E-state index contributed by atoms with van der Waals surface area (Å²) in [5.74, 6) is -0.220. The van der Waals surface area contributed by atoms with E-state index >= 15 is 0 Å². The molecule has 2 rings (SSSR count). The molecular formula is C18H12F6N4O3. The highest BCUT2D eigenvalue weighted by Gasteiger charge is 2.39.